The van der Waals surface area contributed by atoms with Crippen LogP contribution in [0.25, 0.3) is 6.08 Å². The predicted molar refractivity (Wildman–Crippen MR) is 170 cm³/mol. The van der Waals surface area contributed by atoms with Crippen LogP contribution >= 0.6 is 34.8 Å². The molecule has 2 N–H and O–H groups in total. The number of fused-ring (bicyclic) bond motifs is 1. The van der Waals surface area contributed by atoms with E-state index in [4.69, 9.17) is 59.5 Å². The predicted octanol–water partition coefficient (Wildman–Crippen LogP) is 8.46. The quantitative estimate of drug-likeness (QED) is 0.110. The van der Waals surface area contributed by atoms with Crippen LogP contribution < -0.4 is 24.7 Å². The van der Waals surface area contributed by atoms with Gasteiger partial charge in [0.2, 0.25) is 5.88 Å². The molecular formula is C34H25Cl3N2O5. The minimum absolute atomic E-state index is 0.0530. The summed E-state index contributed by atoms with van der Waals surface area (Å²) in [6.45, 7) is 2.51. The molecule has 1 atom stereocenters. The second-order valence-electron chi connectivity index (χ2n) is 9.56. The van der Waals surface area contributed by atoms with Crippen LogP contribution in [-0.4, -0.2) is 12.6 Å². The van der Waals surface area contributed by atoms with Gasteiger partial charge in [0.25, 0.3) is 0 Å². The van der Waals surface area contributed by atoms with Gasteiger partial charge in [-0.3, -0.25) is 0 Å². The number of esters is 1. The summed E-state index contributed by atoms with van der Waals surface area (Å²) in [5.41, 5.74) is 9.27. The van der Waals surface area contributed by atoms with Crippen molar-refractivity contribution in [3.8, 4) is 29.1 Å². The summed E-state index contributed by atoms with van der Waals surface area (Å²) < 4.78 is 23.2. The van der Waals surface area contributed by atoms with Crippen molar-refractivity contribution in [3.05, 3.63) is 134 Å². The fraction of sp³-hybridized carbons (Fsp3) is 0.118. The molecule has 0 radical (unpaired) electrons. The molecule has 44 heavy (non-hydrogen) atoms. The molecule has 0 aromatic heterocycles. The van der Waals surface area contributed by atoms with E-state index < -0.39 is 11.9 Å². The van der Waals surface area contributed by atoms with Crippen LogP contribution in [0, 0.1) is 11.3 Å². The zero-order valence-electron chi connectivity index (χ0n) is 23.4. The number of allylic oxidation sites excluding steroid dienone is 1. The first kappa shape index (κ1) is 30.8. The SMILES string of the molecule is CCOc1cc(C2C(C#N)=C(N)Oc3cc(OC(=O)/C=C/c4ccc(Cl)cc4Cl)ccc32)ccc1OCc1ccccc1Cl. The molecule has 1 aliphatic rings. The van der Waals surface area contributed by atoms with Crippen molar-refractivity contribution in [2.24, 2.45) is 5.73 Å². The Morgan fingerprint density at radius 3 is 2.55 bits per heavy atom. The maximum Gasteiger partial charge on any atom is 0.336 e. The van der Waals surface area contributed by atoms with Crippen LogP contribution in [0.3, 0.4) is 0 Å². The second-order valence-corrected chi connectivity index (χ2v) is 10.8. The van der Waals surface area contributed by atoms with Gasteiger partial charge in [0, 0.05) is 38.3 Å². The molecule has 4 aromatic rings. The topological polar surface area (TPSA) is 104 Å². The van der Waals surface area contributed by atoms with E-state index in [-0.39, 0.29) is 23.8 Å². The molecule has 0 amide bonds. The molecular weight excluding hydrogens is 623 g/mol. The summed E-state index contributed by atoms with van der Waals surface area (Å²) in [6.07, 6.45) is 2.79. The molecule has 10 heteroatoms. The number of nitrogens with zero attached hydrogens (tertiary/aromatic N) is 1. The van der Waals surface area contributed by atoms with E-state index in [1.54, 1.807) is 48.5 Å². The van der Waals surface area contributed by atoms with Gasteiger partial charge in [-0.2, -0.15) is 5.26 Å². The first-order valence-electron chi connectivity index (χ1n) is 13.5. The van der Waals surface area contributed by atoms with Crippen LogP contribution in [-0.2, 0) is 11.4 Å². The molecule has 4 aromatic carbocycles. The van der Waals surface area contributed by atoms with Crippen LogP contribution in [0.5, 0.6) is 23.0 Å². The Bertz CT molecular complexity index is 1830. The van der Waals surface area contributed by atoms with Gasteiger partial charge < -0.3 is 24.7 Å². The number of carbonyl (C=O) groups excluding carboxylic acids is 1. The van der Waals surface area contributed by atoms with E-state index in [0.717, 1.165) is 11.1 Å². The molecule has 222 valence electrons. The third-order valence-electron chi connectivity index (χ3n) is 6.71. The zero-order valence-corrected chi connectivity index (χ0v) is 25.6. The number of nitrogens with two attached hydrogens (primary N) is 1. The van der Waals surface area contributed by atoms with Crippen LogP contribution in [0.15, 0.2) is 96.4 Å². The van der Waals surface area contributed by atoms with E-state index in [1.165, 1.54) is 12.2 Å². The molecule has 0 bridgehead atoms. The fourth-order valence-electron chi connectivity index (χ4n) is 4.65. The molecule has 1 heterocycles. The molecule has 7 nitrogen and oxygen atoms in total. The molecule has 5 rings (SSSR count). The summed E-state index contributed by atoms with van der Waals surface area (Å²) in [7, 11) is 0. The lowest BCUT2D eigenvalue weighted by molar-refractivity contribution is -0.128. The van der Waals surface area contributed by atoms with Gasteiger partial charge in [0.05, 0.1) is 12.5 Å². The highest BCUT2D eigenvalue weighted by Crippen LogP contribution is 2.45. The number of hydrogen-bond donors (Lipinski definition) is 1. The molecule has 0 fully saturated rings. The Morgan fingerprint density at radius 2 is 1.80 bits per heavy atom. The van der Waals surface area contributed by atoms with E-state index in [1.807, 2.05) is 37.3 Å². The molecule has 0 aliphatic carbocycles. The third-order valence-corrected chi connectivity index (χ3v) is 7.64. The van der Waals surface area contributed by atoms with Crippen LogP contribution in [0.4, 0.5) is 0 Å². The number of ether oxygens (including phenoxy) is 4. The second kappa shape index (κ2) is 13.8. The third kappa shape index (κ3) is 6.95. The average molecular weight is 648 g/mol. The Morgan fingerprint density at radius 1 is 0.977 bits per heavy atom. The van der Waals surface area contributed by atoms with E-state index in [0.29, 0.717) is 50.1 Å². The van der Waals surface area contributed by atoms with E-state index in [9.17, 15) is 10.1 Å². The summed E-state index contributed by atoms with van der Waals surface area (Å²) in [5, 5.41) is 11.5. The first-order chi connectivity index (χ1) is 21.3. The number of carbonyl (C=O) groups is 1. The lowest BCUT2D eigenvalue weighted by atomic mass is 9.83. The zero-order chi connectivity index (χ0) is 31.2. The number of benzene rings is 4. The van der Waals surface area contributed by atoms with Crippen molar-refractivity contribution in [2.45, 2.75) is 19.4 Å². The molecule has 1 aliphatic heterocycles. The maximum absolute atomic E-state index is 12.5. The molecule has 0 spiro atoms. The summed E-state index contributed by atoms with van der Waals surface area (Å²) in [6, 6.07) is 24.9. The van der Waals surface area contributed by atoms with Gasteiger partial charge in [-0.05, 0) is 60.5 Å². The highest BCUT2D eigenvalue weighted by atomic mass is 35.5. The van der Waals surface area contributed by atoms with E-state index >= 15 is 0 Å². The van der Waals surface area contributed by atoms with Gasteiger partial charge in [-0.1, -0.05) is 71.2 Å². The van der Waals surface area contributed by atoms with E-state index in [2.05, 4.69) is 6.07 Å². The van der Waals surface area contributed by atoms with Crippen molar-refractivity contribution in [2.75, 3.05) is 6.61 Å². The number of halogens is 3. The van der Waals surface area contributed by atoms with Crippen LogP contribution in [0.2, 0.25) is 15.1 Å². The number of nitriles is 1. The lowest BCUT2D eigenvalue weighted by Crippen LogP contribution is -2.21. The summed E-state index contributed by atoms with van der Waals surface area (Å²) >= 11 is 18.4. The number of hydrogen-bond acceptors (Lipinski definition) is 7. The monoisotopic (exact) mass is 646 g/mol. The Labute approximate surface area is 269 Å². The van der Waals surface area contributed by atoms with Gasteiger partial charge in [0.15, 0.2) is 11.5 Å². The van der Waals surface area contributed by atoms with Crippen molar-refractivity contribution in [3.63, 3.8) is 0 Å². The lowest BCUT2D eigenvalue weighted by Gasteiger charge is -2.27. The van der Waals surface area contributed by atoms with Gasteiger partial charge in [-0.25, -0.2) is 4.79 Å². The molecule has 1 unspecified atom stereocenters. The normalized spacial score (nSPS) is 14.0. The van der Waals surface area contributed by atoms with Gasteiger partial charge in [0.1, 0.15) is 29.7 Å². The minimum atomic E-state index is -0.627. The molecule has 0 saturated heterocycles. The first-order valence-corrected chi connectivity index (χ1v) is 14.6. The Hall–Kier alpha value is -4.61. The minimum Gasteiger partial charge on any atom is -0.490 e. The average Bonchev–Trinajstić information content (AvgIpc) is 3.00. The molecule has 0 saturated carbocycles. The van der Waals surface area contributed by atoms with Gasteiger partial charge >= 0.3 is 5.97 Å². The van der Waals surface area contributed by atoms with Crippen molar-refractivity contribution < 1.29 is 23.7 Å². The van der Waals surface area contributed by atoms with Crippen LogP contribution in [0.1, 0.15) is 35.1 Å². The largest absolute Gasteiger partial charge is 0.490 e. The number of rotatable bonds is 9. The van der Waals surface area contributed by atoms with Crippen molar-refractivity contribution in [1.29, 1.82) is 5.26 Å². The van der Waals surface area contributed by atoms with Gasteiger partial charge in [-0.15, -0.1) is 0 Å². The summed E-state index contributed by atoms with van der Waals surface area (Å²) in [5.74, 6) is 0.343. The fourth-order valence-corrected chi connectivity index (χ4v) is 5.31. The van der Waals surface area contributed by atoms with Crippen molar-refractivity contribution >= 4 is 46.8 Å². The van der Waals surface area contributed by atoms with Crippen molar-refractivity contribution in [1.82, 2.24) is 0 Å². The Balaban J connectivity index is 1.40. The standard InChI is InChI=1S/C34H25Cl3N2O5/c1-2-41-31-15-21(8-13-29(31)42-19-22-5-3-4-6-27(22)36)33-25-12-11-24(17-30(25)44-34(39)26(33)18-38)43-32(40)14-9-20-7-10-23(35)16-28(20)37/h3-17,33H,2,19,39H2,1H3/b14-9+. The smallest absolute Gasteiger partial charge is 0.336 e. The summed E-state index contributed by atoms with van der Waals surface area (Å²) in [4.78, 5) is 12.5. The maximum atomic E-state index is 12.5. The Kier molecular flexibility index (Phi) is 9.66. The highest BCUT2D eigenvalue weighted by Gasteiger charge is 2.32. The highest BCUT2D eigenvalue weighted by molar-refractivity contribution is 6.35.